The van der Waals surface area contributed by atoms with Crippen LogP contribution < -0.4 is 30.0 Å². The summed E-state index contributed by atoms with van der Waals surface area (Å²) in [5.74, 6) is 0. The van der Waals surface area contributed by atoms with Gasteiger partial charge in [-0.15, -0.1) is 0 Å². The standard InChI is InChI=1S/C31H29BN2S2Si/c1-20-18-35-30-28(20)33(22-12-8-6-9-13-22)25-16-24(37(3,4)5)17-26-27(25)32(30)31-29(21(2)19-36-31)34(26)23-14-10-7-11-15-23/h6-19H,1-5H3. The lowest BCUT2D eigenvalue weighted by Gasteiger charge is -2.43. The van der Waals surface area contributed by atoms with Crippen molar-refractivity contribution < 1.29 is 0 Å². The molecule has 6 heteroatoms. The maximum absolute atomic E-state index is 2.55. The highest BCUT2D eigenvalue weighted by Crippen LogP contribution is 2.46. The maximum atomic E-state index is 2.55. The minimum atomic E-state index is -1.63. The fourth-order valence-electron chi connectivity index (χ4n) is 5.93. The van der Waals surface area contributed by atoms with Gasteiger partial charge in [-0.3, -0.25) is 0 Å². The second kappa shape index (κ2) is 8.22. The van der Waals surface area contributed by atoms with E-state index in [4.69, 9.17) is 0 Å². The highest BCUT2D eigenvalue weighted by Gasteiger charge is 2.46. The number of benzene rings is 3. The predicted octanol–water partition coefficient (Wildman–Crippen LogP) is 7.05. The Balaban J connectivity index is 1.63. The van der Waals surface area contributed by atoms with Gasteiger partial charge in [-0.05, 0) is 77.6 Å². The van der Waals surface area contributed by atoms with E-state index < -0.39 is 8.07 Å². The lowest BCUT2D eigenvalue weighted by atomic mass is 9.39. The highest BCUT2D eigenvalue weighted by atomic mass is 32.1. The van der Waals surface area contributed by atoms with Crippen molar-refractivity contribution in [3.8, 4) is 0 Å². The fraction of sp³-hybridized carbons (Fsp3) is 0.161. The monoisotopic (exact) mass is 532 g/mol. The number of fused-ring (bicyclic) bond motifs is 4. The summed E-state index contributed by atoms with van der Waals surface area (Å²) in [4.78, 5) is 5.10. The third kappa shape index (κ3) is 3.36. The van der Waals surface area contributed by atoms with Crippen molar-refractivity contribution in [3.63, 3.8) is 0 Å². The van der Waals surface area contributed by atoms with Crippen LogP contribution in [0.15, 0.2) is 83.6 Å². The van der Waals surface area contributed by atoms with Crippen molar-refractivity contribution in [1.29, 1.82) is 0 Å². The Morgan fingerprint density at radius 3 is 1.49 bits per heavy atom. The van der Waals surface area contributed by atoms with E-state index in [0.717, 1.165) is 0 Å². The van der Waals surface area contributed by atoms with Crippen LogP contribution in [0, 0.1) is 13.8 Å². The molecule has 7 rings (SSSR count). The van der Waals surface area contributed by atoms with E-state index in [0.29, 0.717) is 0 Å². The zero-order valence-corrected chi connectivity index (χ0v) is 24.5. The highest BCUT2D eigenvalue weighted by molar-refractivity contribution is 7.35. The lowest BCUT2D eigenvalue weighted by Crippen LogP contribution is -2.60. The third-order valence-corrected chi connectivity index (χ3v) is 12.0. The van der Waals surface area contributed by atoms with Gasteiger partial charge in [-0.25, -0.2) is 0 Å². The molecule has 0 radical (unpaired) electrons. The zero-order chi connectivity index (χ0) is 25.5. The molecule has 2 aliphatic heterocycles. The molecule has 2 nitrogen and oxygen atoms in total. The Labute approximate surface area is 228 Å². The van der Waals surface area contributed by atoms with Crippen LogP contribution in [0.1, 0.15) is 11.1 Å². The summed E-state index contributed by atoms with van der Waals surface area (Å²) in [6.07, 6.45) is 0. The van der Waals surface area contributed by atoms with Gasteiger partial charge in [0.2, 0.25) is 0 Å². The number of anilines is 6. The summed E-state index contributed by atoms with van der Waals surface area (Å²) in [5, 5.41) is 6.21. The molecule has 0 aliphatic carbocycles. The molecule has 4 heterocycles. The molecule has 0 bridgehead atoms. The van der Waals surface area contributed by atoms with Crippen LogP contribution in [0.5, 0.6) is 0 Å². The summed E-state index contributed by atoms with van der Waals surface area (Å²) in [5.41, 5.74) is 12.1. The van der Waals surface area contributed by atoms with Crippen LogP contribution in [-0.4, -0.2) is 14.8 Å². The lowest BCUT2D eigenvalue weighted by molar-refractivity contribution is 1.25. The Morgan fingerprint density at radius 1 is 0.649 bits per heavy atom. The average Bonchev–Trinajstić information content (AvgIpc) is 3.47. The van der Waals surface area contributed by atoms with Crippen molar-refractivity contribution in [2.75, 3.05) is 9.80 Å². The van der Waals surface area contributed by atoms with Crippen LogP contribution in [0.25, 0.3) is 0 Å². The molecule has 2 aliphatic rings. The smallest absolute Gasteiger partial charge is 0.277 e. The summed E-state index contributed by atoms with van der Waals surface area (Å²) in [6, 6.07) is 27.0. The maximum Gasteiger partial charge on any atom is 0.277 e. The van der Waals surface area contributed by atoms with E-state index >= 15 is 0 Å². The number of nitrogens with zero attached hydrogens (tertiary/aromatic N) is 2. The molecule has 0 fully saturated rings. The number of hydrogen-bond acceptors (Lipinski definition) is 4. The molecule has 182 valence electrons. The minimum absolute atomic E-state index is 0.267. The van der Waals surface area contributed by atoms with Gasteiger partial charge < -0.3 is 9.80 Å². The quantitative estimate of drug-likeness (QED) is 0.225. The van der Waals surface area contributed by atoms with Gasteiger partial charge in [-0.2, -0.15) is 22.7 Å². The Morgan fingerprint density at radius 2 is 1.08 bits per heavy atom. The van der Waals surface area contributed by atoms with E-state index in [9.17, 15) is 0 Å². The van der Waals surface area contributed by atoms with Gasteiger partial charge in [0, 0.05) is 32.3 Å². The summed E-state index contributed by atoms with van der Waals surface area (Å²) < 4.78 is 2.93. The summed E-state index contributed by atoms with van der Waals surface area (Å²) >= 11 is 3.85. The van der Waals surface area contributed by atoms with Crippen molar-refractivity contribution in [2.45, 2.75) is 33.5 Å². The van der Waals surface area contributed by atoms with Gasteiger partial charge in [0.05, 0.1) is 19.4 Å². The molecule has 0 N–H and O–H groups in total. The zero-order valence-electron chi connectivity index (χ0n) is 21.9. The van der Waals surface area contributed by atoms with Crippen LogP contribution in [0.3, 0.4) is 0 Å². The van der Waals surface area contributed by atoms with Gasteiger partial charge in [0.25, 0.3) is 6.71 Å². The first-order valence-electron chi connectivity index (χ1n) is 12.9. The first-order chi connectivity index (χ1) is 17.8. The van der Waals surface area contributed by atoms with Gasteiger partial charge >= 0.3 is 0 Å². The molecule has 5 aromatic rings. The Kier molecular flexibility index (Phi) is 5.13. The number of para-hydroxylation sites is 2. The molecule has 0 saturated heterocycles. The average molecular weight is 533 g/mol. The molecule has 37 heavy (non-hydrogen) atoms. The van der Waals surface area contributed by atoms with Gasteiger partial charge in [-0.1, -0.05) is 61.2 Å². The topological polar surface area (TPSA) is 6.48 Å². The number of rotatable bonds is 3. The van der Waals surface area contributed by atoms with E-state index in [1.54, 1.807) is 0 Å². The van der Waals surface area contributed by atoms with E-state index in [-0.39, 0.29) is 6.71 Å². The number of aryl methyl sites for hydroxylation is 2. The second-order valence-electron chi connectivity index (χ2n) is 11.2. The first-order valence-corrected chi connectivity index (χ1v) is 18.2. The summed E-state index contributed by atoms with van der Waals surface area (Å²) in [7, 11) is -1.63. The third-order valence-electron chi connectivity index (χ3n) is 7.71. The molecule has 0 saturated carbocycles. The van der Waals surface area contributed by atoms with Crippen LogP contribution in [-0.2, 0) is 0 Å². The van der Waals surface area contributed by atoms with Gasteiger partial charge in [0.1, 0.15) is 0 Å². The number of thiophene rings is 2. The summed E-state index contributed by atoms with van der Waals surface area (Å²) in [6.45, 7) is 12.2. The molecular formula is C31H29BN2S2Si. The molecule has 2 aromatic heterocycles. The van der Waals surface area contributed by atoms with E-state index in [2.05, 4.69) is 127 Å². The van der Waals surface area contributed by atoms with Crippen LogP contribution >= 0.6 is 22.7 Å². The van der Waals surface area contributed by atoms with Crippen molar-refractivity contribution >= 4 is 91.8 Å². The fourth-order valence-corrected chi connectivity index (χ4v) is 9.45. The largest absolute Gasteiger partial charge is 0.310 e. The van der Waals surface area contributed by atoms with Crippen molar-refractivity contribution in [1.82, 2.24) is 0 Å². The minimum Gasteiger partial charge on any atom is -0.310 e. The molecule has 3 aromatic carbocycles. The van der Waals surface area contributed by atoms with E-state index in [1.807, 2.05) is 22.7 Å². The molecule has 0 unspecified atom stereocenters. The normalized spacial score (nSPS) is 13.9. The molecule has 0 amide bonds. The van der Waals surface area contributed by atoms with Crippen molar-refractivity contribution in [3.05, 3.63) is 94.7 Å². The molecular weight excluding hydrogens is 503 g/mol. The van der Waals surface area contributed by atoms with Crippen LogP contribution in [0.4, 0.5) is 34.1 Å². The second-order valence-corrected chi connectivity index (χ2v) is 18.1. The van der Waals surface area contributed by atoms with Gasteiger partial charge in [0.15, 0.2) is 0 Å². The first kappa shape index (κ1) is 23.1. The Bertz CT molecular complexity index is 1540. The Hall–Kier alpha value is -3.06. The molecule has 0 atom stereocenters. The number of hydrogen-bond donors (Lipinski definition) is 0. The van der Waals surface area contributed by atoms with Crippen LogP contribution in [0.2, 0.25) is 19.6 Å². The molecule has 0 spiro atoms. The van der Waals surface area contributed by atoms with E-state index in [1.165, 1.54) is 65.5 Å². The predicted molar refractivity (Wildman–Crippen MR) is 169 cm³/mol. The SMILES string of the molecule is Cc1csc2c1N(c1ccccc1)c1cc([Si](C)(C)C)cc3c1B2c1scc(C)c1N3c1ccccc1. The van der Waals surface area contributed by atoms with Crippen molar-refractivity contribution in [2.24, 2.45) is 0 Å².